The Balaban J connectivity index is 2.42. The van der Waals surface area contributed by atoms with Gasteiger partial charge in [0.15, 0.2) is 0 Å². The first-order valence-electron chi connectivity index (χ1n) is 6.21. The van der Waals surface area contributed by atoms with E-state index < -0.39 is 0 Å². The average molecular weight is 256 g/mol. The lowest BCUT2D eigenvalue weighted by molar-refractivity contribution is -0.157. The fourth-order valence-corrected chi connectivity index (χ4v) is 1.57. The van der Waals surface area contributed by atoms with Crippen LogP contribution in [0.15, 0.2) is 12.2 Å². The van der Waals surface area contributed by atoms with Crippen molar-refractivity contribution >= 4 is 11.9 Å². The zero-order chi connectivity index (χ0) is 13.5. The Hall–Kier alpha value is -1.36. The van der Waals surface area contributed by atoms with E-state index in [4.69, 9.17) is 14.2 Å². The maximum Gasteiger partial charge on any atom is 0.306 e. The summed E-state index contributed by atoms with van der Waals surface area (Å²) < 4.78 is 15.7. The van der Waals surface area contributed by atoms with Gasteiger partial charge in [0.2, 0.25) is 0 Å². The third kappa shape index (κ3) is 4.49. The van der Waals surface area contributed by atoms with Gasteiger partial charge < -0.3 is 14.2 Å². The predicted octanol–water partition coefficient (Wildman–Crippen LogP) is 1.61. The van der Waals surface area contributed by atoms with Gasteiger partial charge in [0.25, 0.3) is 0 Å². The summed E-state index contributed by atoms with van der Waals surface area (Å²) in [5.74, 6) is -0.516. The number of carbonyl (C=O) groups is 2. The van der Waals surface area contributed by atoms with Gasteiger partial charge in [-0.15, -0.1) is 0 Å². The first-order valence-corrected chi connectivity index (χ1v) is 6.21. The fraction of sp³-hybridized carbons (Fsp3) is 0.692. The Bertz CT molecular complexity index is 323. The standard InChI is InChI=1S/C13H20O5/c1-4-12(14)17-8-10-6-11(9(3)7-16-10)18-13(15)5-2/h10-11H,3-8H2,1-2H3/t10-,11-/m0/s1. The average Bonchev–Trinajstić information content (AvgIpc) is 2.38. The molecule has 0 aromatic rings. The maximum absolute atomic E-state index is 11.3. The molecule has 1 fully saturated rings. The Morgan fingerprint density at radius 3 is 2.61 bits per heavy atom. The molecule has 0 amide bonds. The monoisotopic (exact) mass is 256 g/mol. The highest BCUT2D eigenvalue weighted by molar-refractivity contribution is 5.69. The molecule has 0 aromatic heterocycles. The summed E-state index contributed by atoms with van der Waals surface area (Å²) >= 11 is 0. The number of hydrogen-bond acceptors (Lipinski definition) is 5. The van der Waals surface area contributed by atoms with Crippen LogP contribution in [0.25, 0.3) is 0 Å². The minimum absolute atomic E-state index is 0.195. The molecule has 0 radical (unpaired) electrons. The summed E-state index contributed by atoms with van der Waals surface area (Å²) in [5.41, 5.74) is 0.745. The molecular weight excluding hydrogens is 236 g/mol. The molecule has 1 rings (SSSR count). The number of esters is 2. The molecule has 0 spiro atoms. The molecule has 1 saturated heterocycles. The van der Waals surface area contributed by atoms with Gasteiger partial charge in [-0.2, -0.15) is 0 Å². The van der Waals surface area contributed by atoms with Gasteiger partial charge in [0, 0.05) is 19.3 Å². The molecule has 5 nitrogen and oxygen atoms in total. The molecule has 1 aliphatic heterocycles. The zero-order valence-electron chi connectivity index (χ0n) is 10.9. The lowest BCUT2D eigenvalue weighted by Crippen LogP contribution is -2.37. The van der Waals surface area contributed by atoms with E-state index in [-0.39, 0.29) is 30.8 Å². The molecule has 0 aromatic carbocycles. The van der Waals surface area contributed by atoms with E-state index in [1.165, 1.54) is 0 Å². The van der Waals surface area contributed by atoms with E-state index in [9.17, 15) is 9.59 Å². The Labute approximate surface area is 107 Å². The third-order valence-corrected chi connectivity index (χ3v) is 2.72. The van der Waals surface area contributed by atoms with Crippen molar-refractivity contribution in [3.05, 3.63) is 12.2 Å². The summed E-state index contributed by atoms with van der Waals surface area (Å²) in [6.45, 7) is 7.82. The van der Waals surface area contributed by atoms with Gasteiger partial charge in [-0.1, -0.05) is 20.4 Å². The van der Waals surface area contributed by atoms with Crippen LogP contribution in [0.2, 0.25) is 0 Å². The molecule has 0 N–H and O–H groups in total. The molecule has 0 aliphatic carbocycles. The van der Waals surface area contributed by atoms with E-state index in [0.717, 1.165) is 5.57 Å². The molecule has 2 atom stereocenters. The van der Waals surface area contributed by atoms with Crippen molar-refractivity contribution < 1.29 is 23.8 Å². The van der Waals surface area contributed by atoms with E-state index in [1.807, 2.05) is 0 Å². The van der Waals surface area contributed by atoms with E-state index in [2.05, 4.69) is 6.58 Å². The molecule has 1 aliphatic rings. The van der Waals surface area contributed by atoms with E-state index in [0.29, 0.717) is 25.9 Å². The van der Waals surface area contributed by atoms with Crippen LogP contribution in [-0.4, -0.2) is 37.4 Å². The van der Waals surface area contributed by atoms with Crippen molar-refractivity contribution in [2.45, 2.75) is 45.3 Å². The van der Waals surface area contributed by atoms with E-state index >= 15 is 0 Å². The number of hydrogen-bond donors (Lipinski definition) is 0. The fourth-order valence-electron chi connectivity index (χ4n) is 1.57. The first kappa shape index (κ1) is 14.7. The molecular formula is C13H20O5. The Kier molecular flexibility index (Phi) is 5.85. The quantitative estimate of drug-likeness (QED) is 0.552. The summed E-state index contributed by atoms with van der Waals surface area (Å²) in [5, 5.41) is 0. The molecule has 0 saturated carbocycles. The van der Waals surface area contributed by atoms with Gasteiger partial charge in [-0.05, 0) is 5.57 Å². The van der Waals surface area contributed by atoms with Crippen molar-refractivity contribution in [2.75, 3.05) is 13.2 Å². The van der Waals surface area contributed by atoms with Crippen LogP contribution in [-0.2, 0) is 23.8 Å². The van der Waals surface area contributed by atoms with Gasteiger partial charge in [-0.25, -0.2) is 0 Å². The molecule has 0 unspecified atom stereocenters. The van der Waals surface area contributed by atoms with E-state index in [1.54, 1.807) is 13.8 Å². The van der Waals surface area contributed by atoms with Crippen molar-refractivity contribution in [2.24, 2.45) is 0 Å². The highest BCUT2D eigenvalue weighted by Crippen LogP contribution is 2.21. The highest BCUT2D eigenvalue weighted by atomic mass is 16.6. The normalized spacial score (nSPS) is 23.6. The van der Waals surface area contributed by atoms with Gasteiger partial charge in [0.1, 0.15) is 12.7 Å². The van der Waals surface area contributed by atoms with Gasteiger partial charge >= 0.3 is 11.9 Å². The maximum atomic E-state index is 11.3. The van der Waals surface area contributed by atoms with Crippen LogP contribution in [0.1, 0.15) is 33.1 Å². The first-order chi connectivity index (χ1) is 8.56. The molecule has 0 bridgehead atoms. The zero-order valence-corrected chi connectivity index (χ0v) is 10.9. The largest absolute Gasteiger partial charge is 0.463 e. The lowest BCUT2D eigenvalue weighted by atomic mass is 10.0. The minimum atomic E-state index is -0.337. The summed E-state index contributed by atoms with van der Waals surface area (Å²) in [4.78, 5) is 22.3. The number of carbonyl (C=O) groups excluding carboxylic acids is 2. The summed E-state index contributed by atoms with van der Waals surface area (Å²) in [7, 11) is 0. The summed E-state index contributed by atoms with van der Waals surface area (Å²) in [6, 6.07) is 0. The van der Waals surface area contributed by atoms with Crippen LogP contribution < -0.4 is 0 Å². The topological polar surface area (TPSA) is 61.8 Å². The number of rotatable bonds is 5. The van der Waals surface area contributed by atoms with Crippen LogP contribution >= 0.6 is 0 Å². The third-order valence-electron chi connectivity index (χ3n) is 2.72. The second-order valence-electron chi connectivity index (χ2n) is 4.20. The van der Waals surface area contributed by atoms with Crippen LogP contribution in [0.5, 0.6) is 0 Å². The smallest absolute Gasteiger partial charge is 0.306 e. The SMILES string of the molecule is C=C1CO[C@H](COC(=O)CC)C[C@@H]1OC(=O)CC. The number of ether oxygens (including phenoxy) is 3. The lowest BCUT2D eigenvalue weighted by Gasteiger charge is -2.30. The van der Waals surface area contributed by atoms with Gasteiger partial charge in [0.05, 0.1) is 12.7 Å². The van der Waals surface area contributed by atoms with Crippen molar-refractivity contribution in [1.82, 2.24) is 0 Å². The second kappa shape index (κ2) is 7.16. The molecule has 1 heterocycles. The van der Waals surface area contributed by atoms with Crippen LogP contribution in [0.3, 0.4) is 0 Å². The van der Waals surface area contributed by atoms with Crippen molar-refractivity contribution in [3.63, 3.8) is 0 Å². The molecule has 5 heteroatoms. The summed E-state index contributed by atoms with van der Waals surface area (Å²) in [6.07, 6.45) is 0.590. The second-order valence-corrected chi connectivity index (χ2v) is 4.20. The van der Waals surface area contributed by atoms with Crippen molar-refractivity contribution in [3.8, 4) is 0 Å². The molecule has 18 heavy (non-hydrogen) atoms. The van der Waals surface area contributed by atoms with Crippen LogP contribution in [0, 0.1) is 0 Å². The van der Waals surface area contributed by atoms with Crippen molar-refractivity contribution in [1.29, 1.82) is 0 Å². The van der Waals surface area contributed by atoms with Crippen LogP contribution in [0.4, 0.5) is 0 Å². The predicted molar refractivity (Wildman–Crippen MR) is 64.9 cm³/mol. The minimum Gasteiger partial charge on any atom is -0.463 e. The highest BCUT2D eigenvalue weighted by Gasteiger charge is 2.28. The Morgan fingerprint density at radius 2 is 2.00 bits per heavy atom. The van der Waals surface area contributed by atoms with Gasteiger partial charge in [-0.3, -0.25) is 9.59 Å². The molecule has 102 valence electrons. The Morgan fingerprint density at radius 1 is 1.33 bits per heavy atom.